The normalized spacial score (nSPS) is 15.5. The highest BCUT2D eigenvalue weighted by Crippen LogP contribution is 2.24. The van der Waals surface area contributed by atoms with Crippen molar-refractivity contribution in [2.24, 2.45) is 0 Å². The van der Waals surface area contributed by atoms with Crippen molar-refractivity contribution in [2.45, 2.75) is 158 Å². The predicted molar refractivity (Wildman–Crippen MR) is 308 cm³/mol. The van der Waals surface area contributed by atoms with Gasteiger partial charge in [-0.1, -0.05) is 138 Å². The molecule has 0 bridgehead atoms. The summed E-state index contributed by atoms with van der Waals surface area (Å²) in [5.74, 6) is 4.39. The minimum atomic E-state index is 0. The lowest BCUT2D eigenvalue weighted by atomic mass is 10.0. The lowest BCUT2D eigenvalue weighted by Gasteiger charge is -2.29. The molecule has 3 fully saturated rings. The molecule has 70 heavy (non-hydrogen) atoms. The molecule has 3 saturated heterocycles. The topological polar surface area (TPSA) is 34.7 Å². The van der Waals surface area contributed by atoms with Crippen molar-refractivity contribution >= 4 is 11.4 Å². The molecule has 0 N–H and O–H groups in total. The maximum absolute atomic E-state index is 5.86. The zero-order valence-electron chi connectivity index (χ0n) is 45.9. The zero-order chi connectivity index (χ0) is 49.8. The largest absolute Gasteiger partial charge is 0.492 e. The van der Waals surface area contributed by atoms with Crippen molar-refractivity contribution in [3.05, 3.63) is 119 Å². The molecule has 3 aliphatic rings. The van der Waals surface area contributed by atoms with Gasteiger partial charge in [-0.15, -0.1) is 0 Å². The molecule has 0 atom stereocenters. The van der Waals surface area contributed by atoms with Gasteiger partial charge in [-0.2, -0.15) is 0 Å². The van der Waals surface area contributed by atoms with Crippen LogP contribution in [-0.2, 0) is 0 Å². The first-order valence-electron chi connectivity index (χ1n) is 27.6. The molecule has 3 heterocycles. The van der Waals surface area contributed by atoms with E-state index in [2.05, 4.69) is 198 Å². The van der Waals surface area contributed by atoms with Gasteiger partial charge in [-0.05, 0) is 179 Å². The third-order valence-corrected chi connectivity index (χ3v) is 14.0. The number of hydrogen-bond acceptors (Lipinski definition) is 7. The van der Waals surface area contributed by atoms with Crippen molar-refractivity contribution < 1.29 is 9.47 Å². The molecule has 4 aromatic rings. The van der Waals surface area contributed by atoms with Crippen LogP contribution < -0.4 is 19.3 Å². The lowest BCUT2D eigenvalue weighted by molar-refractivity contribution is 0.183. The highest BCUT2D eigenvalue weighted by molar-refractivity contribution is 5.49. The van der Waals surface area contributed by atoms with E-state index in [1.807, 2.05) is 0 Å². The van der Waals surface area contributed by atoms with Gasteiger partial charge < -0.3 is 24.2 Å². The van der Waals surface area contributed by atoms with Gasteiger partial charge in [0, 0.05) is 58.2 Å². The Bertz CT molecular complexity index is 1910. The first kappa shape index (κ1) is 60.3. The fraction of sp³-hybridized carbons (Fsp3) is 0.619. The van der Waals surface area contributed by atoms with E-state index < -0.39 is 0 Å². The minimum absolute atomic E-state index is 0. The van der Waals surface area contributed by atoms with E-state index in [-0.39, 0.29) is 7.43 Å². The molecule has 3 aliphatic heterocycles. The second-order valence-electron chi connectivity index (χ2n) is 21.2. The molecule has 0 aromatic heterocycles. The minimum Gasteiger partial charge on any atom is -0.492 e. The first-order valence-corrected chi connectivity index (χ1v) is 27.6. The van der Waals surface area contributed by atoms with E-state index in [0.29, 0.717) is 23.7 Å². The number of benzene rings is 4. The van der Waals surface area contributed by atoms with Crippen molar-refractivity contribution in [3.8, 4) is 11.5 Å². The number of likely N-dealkylation sites (N-methyl/N-ethyl adjacent to an activating group) is 1. The second kappa shape index (κ2) is 34.3. The number of nitrogens with zero attached hydrogens (tertiary/aromatic N) is 5. The third-order valence-electron chi connectivity index (χ3n) is 14.0. The molecular weight excluding hydrogens is 859 g/mol. The van der Waals surface area contributed by atoms with E-state index in [1.165, 1.54) is 144 Å². The van der Waals surface area contributed by atoms with Crippen LogP contribution >= 0.6 is 0 Å². The number of piperidine rings is 3. The molecule has 0 spiro atoms. The quantitative estimate of drug-likeness (QED) is 0.0926. The predicted octanol–water partition coefficient (Wildman–Crippen LogP) is 15.4. The Balaban J connectivity index is 0.000000247. The Morgan fingerprint density at radius 1 is 0.414 bits per heavy atom. The van der Waals surface area contributed by atoms with Crippen molar-refractivity contribution in [2.75, 3.05) is 109 Å². The fourth-order valence-electron chi connectivity index (χ4n) is 9.17. The summed E-state index contributed by atoms with van der Waals surface area (Å²) in [6.45, 7) is 34.8. The Morgan fingerprint density at radius 2 is 0.786 bits per heavy atom. The van der Waals surface area contributed by atoms with Crippen molar-refractivity contribution in [1.29, 1.82) is 0 Å². The average Bonchev–Trinajstić information content (AvgIpc) is 3.37. The molecule has 0 amide bonds. The van der Waals surface area contributed by atoms with E-state index in [0.717, 1.165) is 50.9 Å². The van der Waals surface area contributed by atoms with Crippen LogP contribution in [0.25, 0.3) is 0 Å². The lowest BCUT2D eigenvalue weighted by Crippen LogP contribution is -2.36. The second-order valence-corrected chi connectivity index (χ2v) is 21.2. The average molecular weight is 963 g/mol. The Kier molecular flexibility index (Phi) is 29.6. The summed E-state index contributed by atoms with van der Waals surface area (Å²) < 4.78 is 11.7. The summed E-state index contributed by atoms with van der Waals surface area (Å²) in [7, 11) is 4.37. The van der Waals surface area contributed by atoms with Gasteiger partial charge in [0.25, 0.3) is 0 Å². The highest BCUT2D eigenvalue weighted by Gasteiger charge is 2.13. The maximum atomic E-state index is 5.86. The Hall–Kier alpha value is -4.04. The van der Waals surface area contributed by atoms with Crippen molar-refractivity contribution in [1.82, 2.24) is 14.7 Å². The van der Waals surface area contributed by atoms with Crippen LogP contribution in [0.5, 0.6) is 11.5 Å². The van der Waals surface area contributed by atoms with E-state index in [4.69, 9.17) is 9.47 Å². The molecule has 392 valence electrons. The van der Waals surface area contributed by atoms with Crippen LogP contribution in [0, 0.1) is 0 Å². The highest BCUT2D eigenvalue weighted by atomic mass is 16.5. The summed E-state index contributed by atoms with van der Waals surface area (Å²) in [6.07, 6.45) is 13.6. The van der Waals surface area contributed by atoms with Crippen molar-refractivity contribution in [3.63, 3.8) is 0 Å². The maximum Gasteiger partial charge on any atom is 0.119 e. The van der Waals surface area contributed by atoms with Gasteiger partial charge in [0.2, 0.25) is 0 Å². The van der Waals surface area contributed by atoms with Gasteiger partial charge in [-0.25, -0.2) is 0 Å². The summed E-state index contributed by atoms with van der Waals surface area (Å²) in [6, 6.07) is 34.8. The van der Waals surface area contributed by atoms with Crippen LogP contribution in [0.2, 0.25) is 0 Å². The molecule has 7 nitrogen and oxygen atoms in total. The number of hydrogen-bond donors (Lipinski definition) is 0. The zero-order valence-corrected chi connectivity index (χ0v) is 45.9. The van der Waals surface area contributed by atoms with E-state index >= 15 is 0 Å². The molecule has 0 saturated carbocycles. The molecule has 7 rings (SSSR count). The van der Waals surface area contributed by atoms with E-state index in [9.17, 15) is 0 Å². The monoisotopic (exact) mass is 962 g/mol. The Labute approximate surface area is 431 Å². The SMILES string of the molecule is C.CC(C)c1ccc(OCCN2CCCCC2)cc1.CC(C)c1cccc(N(C)CCN2CCCCC2)c1.CC(C)c1cccc(OCCN2CCCCC2)c1.CCCN(C)c1cccc(C(C)C)c1. The van der Waals surface area contributed by atoms with Gasteiger partial charge >= 0.3 is 0 Å². The van der Waals surface area contributed by atoms with Gasteiger partial charge in [0.15, 0.2) is 0 Å². The molecule has 4 aromatic carbocycles. The molecule has 0 aliphatic carbocycles. The van der Waals surface area contributed by atoms with Crippen LogP contribution in [0.15, 0.2) is 97.1 Å². The van der Waals surface area contributed by atoms with Gasteiger partial charge in [-0.3, -0.25) is 9.80 Å². The molecular formula is C63H103N5O2. The van der Waals surface area contributed by atoms with Crippen LogP contribution in [0.3, 0.4) is 0 Å². The number of likely N-dealkylation sites (tertiary alicyclic amines) is 3. The third kappa shape index (κ3) is 23.5. The first-order chi connectivity index (χ1) is 33.3. The smallest absolute Gasteiger partial charge is 0.119 e. The van der Waals surface area contributed by atoms with Crippen LogP contribution in [0.1, 0.15) is 180 Å². The summed E-state index contributed by atoms with van der Waals surface area (Å²) in [5.41, 5.74) is 8.26. The Morgan fingerprint density at radius 3 is 1.20 bits per heavy atom. The molecule has 0 unspecified atom stereocenters. The number of ether oxygens (including phenoxy) is 2. The van der Waals surface area contributed by atoms with Gasteiger partial charge in [0.05, 0.1) is 0 Å². The molecule has 0 radical (unpaired) electrons. The molecule has 7 heteroatoms. The summed E-state index contributed by atoms with van der Waals surface area (Å²) in [5, 5.41) is 0. The van der Waals surface area contributed by atoms with Gasteiger partial charge in [0.1, 0.15) is 24.7 Å². The fourth-order valence-corrected chi connectivity index (χ4v) is 9.17. The van der Waals surface area contributed by atoms with Crippen LogP contribution in [0.4, 0.5) is 11.4 Å². The standard InChI is InChI=1S/C17H28N2.2C16H25NO.C13H21N.CH4/c1-15(2)16-8-7-9-17(14-16)18(3)12-13-19-10-5-4-6-11-19;1-14(2)15-6-8-16(9-7-15)18-13-12-17-10-4-3-5-11-17;1-14(2)15-7-6-8-16(13-15)18-12-11-17-9-4-3-5-10-17;1-5-9-14(4)13-8-6-7-12(10-13)11(2)3;/h7-9,14-15H,4-6,10-13H2,1-3H3;6-9,14H,3-5,10-13H2,1-2H3;6-8,13-14H,3-5,9-12H2,1-2H3;6-8,10-11H,5,9H2,1-4H3;1H4. The number of rotatable bonds is 19. The van der Waals surface area contributed by atoms with Crippen LogP contribution in [-0.4, -0.2) is 114 Å². The number of anilines is 2. The summed E-state index contributed by atoms with van der Waals surface area (Å²) in [4.78, 5) is 12.3. The van der Waals surface area contributed by atoms with E-state index in [1.54, 1.807) is 0 Å². The summed E-state index contributed by atoms with van der Waals surface area (Å²) >= 11 is 0.